The maximum atomic E-state index is 12.5. The number of amides is 1. The molecule has 0 aromatic carbocycles. The molecule has 0 radical (unpaired) electrons. The van der Waals surface area contributed by atoms with Crippen molar-refractivity contribution in [2.45, 2.75) is 59.2 Å². The summed E-state index contributed by atoms with van der Waals surface area (Å²) in [7, 11) is 0. The predicted molar refractivity (Wildman–Crippen MR) is 102 cm³/mol. The summed E-state index contributed by atoms with van der Waals surface area (Å²) in [5.74, 6) is 0.0477. The summed E-state index contributed by atoms with van der Waals surface area (Å²) in [6.45, 7) is 9.32. The number of aromatic nitrogens is 3. The SMILES string of the molecule is CCc1c(C)nn(CC(=O)NC2CCCN(Cc3cccnc3)C2)c1C. The first kappa shape index (κ1) is 18.6. The van der Waals surface area contributed by atoms with E-state index in [1.54, 1.807) is 6.20 Å². The van der Waals surface area contributed by atoms with E-state index in [2.05, 4.69) is 33.3 Å². The molecule has 1 atom stereocenters. The van der Waals surface area contributed by atoms with Gasteiger partial charge in [-0.15, -0.1) is 0 Å². The van der Waals surface area contributed by atoms with Crippen molar-refractivity contribution in [3.8, 4) is 0 Å². The summed E-state index contributed by atoms with van der Waals surface area (Å²) in [4.78, 5) is 19.1. The number of hydrogen-bond acceptors (Lipinski definition) is 4. The number of carbonyl (C=O) groups excluding carboxylic acids is 1. The number of likely N-dealkylation sites (tertiary alicyclic amines) is 1. The summed E-state index contributed by atoms with van der Waals surface area (Å²) in [5.41, 5.74) is 4.59. The van der Waals surface area contributed by atoms with Crippen LogP contribution in [-0.2, 0) is 24.3 Å². The van der Waals surface area contributed by atoms with Crippen LogP contribution in [0.2, 0.25) is 0 Å². The lowest BCUT2D eigenvalue weighted by molar-refractivity contribution is -0.123. The Kier molecular flexibility index (Phi) is 6.04. The molecule has 1 amide bonds. The zero-order valence-corrected chi connectivity index (χ0v) is 16.0. The second kappa shape index (κ2) is 8.45. The Morgan fingerprint density at radius 2 is 2.23 bits per heavy atom. The van der Waals surface area contributed by atoms with Crippen molar-refractivity contribution >= 4 is 5.91 Å². The predicted octanol–water partition coefficient (Wildman–Crippen LogP) is 2.24. The van der Waals surface area contributed by atoms with Crippen LogP contribution in [-0.4, -0.2) is 44.7 Å². The van der Waals surface area contributed by atoms with Gasteiger partial charge in [-0.25, -0.2) is 0 Å². The van der Waals surface area contributed by atoms with Gasteiger partial charge in [0.1, 0.15) is 6.54 Å². The van der Waals surface area contributed by atoms with Crippen LogP contribution in [0, 0.1) is 13.8 Å². The molecule has 1 unspecified atom stereocenters. The third-order valence-corrected chi connectivity index (χ3v) is 5.18. The fraction of sp³-hybridized carbons (Fsp3) is 0.550. The molecule has 6 heteroatoms. The van der Waals surface area contributed by atoms with Crippen LogP contribution in [0.3, 0.4) is 0 Å². The Labute approximate surface area is 155 Å². The van der Waals surface area contributed by atoms with E-state index in [0.29, 0.717) is 6.54 Å². The quantitative estimate of drug-likeness (QED) is 0.863. The smallest absolute Gasteiger partial charge is 0.242 e. The standard InChI is InChI=1S/C20H29N5O/c1-4-19-15(2)23-25(16(19)3)14-20(26)22-18-8-6-10-24(13-18)12-17-7-5-9-21-11-17/h5,7,9,11,18H,4,6,8,10,12-14H2,1-3H3,(H,22,26). The number of nitrogens with zero attached hydrogens (tertiary/aromatic N) is 4. The molecule has 140 valence electrons. The van der Waals surface area contributed by atoms with Crippen molar-refractivity contribution in [3.63, 3.8) is 0 Å². The largest absolute Gasteiger partial charge is 0.350 e. The van der Waals surface area contributed by atoms with E-state index in [1.807, 2.05) is 30.8 Å². The van der Waals surface area contributed by atoms with Gasteiger partial charge in [0.25, 0.3) is 0 Å². The number of nitrogens with one attached hydrogen (secondary N) is 1. The van der Waals surface area contributed by atoms with Crippen molar-refractivity contribution in [2.75, 3.05) is 13.1 Å². The third kappa shape index (κ3) is 4.49. The van der Waals surface area contributed by atoms with Crippen molar-refractivity contribution in [2.24, 2.45) is 0 Å². The molecule has 6 nitrogen and oxygen atoms in total. The average molecular weight is 355 g/mol. The highest BCUT2D eigenvalue weighted by atomic mass is 16.2. The minimum Gasteiger partial charge on any atom is -0.350 e. The minimum atomic E-state index is 0.0477. The normalized spacial score (nSPS) is 18.0. The van der Waals surface area contributed by atoms with Crippen LogP contribution in [0.5, 0.6) is 0 Å². The molecule has 0 spiro atoms. The monoisotopic (exact) mass is 355 g/mol. The number of hydrogen-bond donors (Lipinski definition) is 1. The van der Waals surface area contributed by atoms with Gasteiger partial charge in [-0.1, -0.05) is 13.0 Å². The van der Waals surface area contributed by atoms with Gasteiger partial charge < -0.3 is 5.32 Å². The van der Waals surface area contributed by atoms with Gasteiger partial charge >= 0.3 is 0 Å². The van der Waals surface area contributed by atoms with Crippen LogP contribution >= 0.6 is 0 Å². The fourth-order valence-corrected chi connectivity index (χ4v) is 3.88. The highest BCUT2D eigenvalue weighted by Crippen LogP contribution is 2.15. The van der Waals surface area contributed by atoms with Gasteiger partial charge in [0.2, 0.25) is 5.91 Å². The van der Waals surface area contributed by atoms with Gasteiger partial charge in [0.15, 0.2) is 0 Å². The van der Waals surface area contributed by atoms with Crippen molar-refractivity contribution in [1.29, 1.82) is 0 Å². The summed E-state index contributed by atoms with van der Waals surface area (Å²) < 4.78 is 1.83. The molecule has 3 rings (SSSR count). The maximum Gasteiger partial charge on any atom is 0.242 e. The molecule has 0 aliphatic carbocycles. The molecule has 1 aliphatic rings. The summed E-state index contributed by atoms with van der Waals surface area (Å²) in [5, 5.41) is 7.72. The first-order valence-corrected chi connectivity index (χ1v) is 9.50. The molecule has 0 saturated carbocycles. The first-order chi connectivity index (χ1) is 12.6. The molecular formula is C20H29N5O. The highest BCUT2D eigenvalue weighted by molar-refractivity contribution is 5.76. The van der Waals surface area contributed by atoms with Gasteiger partial charge in [0.05, 0.1) is 5.69 Å². The van der Waals surface area contributed by atoms with E-state index in [0.717, 1.165) is 50.3 Å². The van der Waals surface area contributed by atoms with Crippen LogP contribution in [0.1, 0.15) is 42.3 Å². The average Bonchev–Trinajstić information content (AvgIpc) is 2.89. The summed E-state index contributed by atoms with van der Waals surface area (Å²) in [6, 6.07) is 4.27. The molecule has 1 saturated heterocycles. The van der Waals surface area contributed by atoms with Crippen LogP contribution in [0.4, 0.5) is 0 Å². The molecule has 2 aromatic rings. The molecule has 1 N–H and O–H groups in total. The molecular weight excluding hydrogens is 326 g/mol. The van der Waals surface area contributed by atoms with E-state index < -0.39 is 0 Å². The number of pyridine rings is 1. The van der Waals surface area contributed by atoms with E-state index in [-0.39, 0.29) is 11.9 Å². The van der Waals surface area contributed by atoms with Crippen molar-refractivity contribution in [1.82, 2.24) is 25.0 Å². The maximum absolute atomic E-state index is 12.5. The lowest BCUT2D eigenvalue weighted by Crippen LogP contribution is -2.48. The van der Waals surface area contributed by atoms with E-state index in [1.165, 1.54) is 11.1 Å². The van der Waals surface area contributed by atoms with Gasteiger partial charge in [-0.2, -0.15) is 5.10 Å². The summed E-state index contributed by atoms with van der Waals surface area (Å²) in [6.07, 6.45) is 6.80. The Morgan fingerprint density at radius 1 is 1.38 bits per heavy atom. The number of aryl methyl sites for hydroxylation is 1. The van der Waals surface area contributed by atoms with Gasteiger partial charge in [-0.3, -0.25) is 19.4 Å². The number of carbonyl (C=O) groups is 1. The molecule has 1 fully saturated rings. The Morgan fingerprint density at radius 3 is 2.92 bits per heavy atom. The lowest BCUT2D eigenvalue weighted by Gasteiger charge is -2.33. The third-order valence-electron chi connectivity index (χ3n) is 5.18. The van der Waals surface area contributed by atoms with Crippen LogP contribution < -0.4 is 5.32 Å². The van der Waals surface area contributed by atoms with Gasteiger partial charge in [-0.05, 0) is 56.8 Å². The number of piperidine rings is 1. The van der Waals surface area contributed by atoms with E-state index >= 15 is 0 Å². The second-order valence-electron chi connectivity index (χ2n) is 7.16. The van der Waals surface area contributed by atoms with Crippen molar-refractivity contribution < 1.29 is 4.79 Å². The molecule has 3 heterocycles. The fourth-order valence-electron chi connectivity index (χ4n) is 3.88. The summed E-state index contributed by atoms with van der Waals surface area (Å²) >= 11 is 0. The molecule has 2 aromatic heterocycles. The molecule has 26 heavy (non-hydrogen) atoms. The Hall–Kier alpha value is -2.21. The Balaban J connectivity index is 1.54. The number of rotatable bonds is 6. The van der Waals surface area contributed by atoms with Crippen LogP contribution in [0.25, 0.3) is 0 Å². The highest BCUT2D eigenvalue weighted by Gasteiger charge is 2.22. The van der Waals surface area contributed by atoms with Crippen molar-refractivity contribution in [3.05, 3.63) is 47.0 Å². The molecule has 0 bridgehead atoms. The zero-order chi connectivity index (χ0) is 18.5. The Bertz CT molecular complexity index is 740. The first-order valence-electron chi connectivity index (χ1n) is 9.50. The van der Waals surface area contributed by atoms with Gasteiger partial charge in [0, 0.05) is 37.2 Å². The minimum absolute atomic E-state index is 0.0477. The van der Waals surface area contributed by atoms with E-state index in [4.69, 9.17) is 0 Å². The lowest BCUT2D eigenvalue weighted by atomic mass is 10.0. The second-order valence-corrected chi connectivity index (χ2v) is 7.16. The topological polar surface area (TPSA) is 63.1 Å². The van der Waals surface area contributed by atoms with E-state index in [9.17, 15) is 4.79 Å². The van der Waals surface area contributed by atoms with Crippen LogP contribution in [0.15, 0.2) is 24.5 Å². The molecule has 1 aliphatic heterocycles. The zero-order valence-electron chi connectivity index (χ0n) is 16.0.